The van der Waals surface area contributed by atoms with E-state index in [-0.39, 0.29) is 5.54 Å². The van der Waals surface area contributed by atoms with Gasteiger partial charge in [0.1, 0.15) is 0 Å². The van der Waals surface area contributed by atoms with Crippen molar-refractivity contribution < 1.29 is 0 Å². The van der Waals surface area contributed by atoms with Crippen molar-refractivity contribution in [3.8, 4) is 12.3 Å². The summed E-state index contributed by atoms with van der Waals surface area (Å²) in [6.07, 6.45) is 15.0. The lowest BCUT2D eigenvalue weighted by Gasteiger charge is -2.29. The first-order valence-electron chi connectivity index (χ1n) is 5.89. The van der Waals surface area contributed by atoms with Gasteiger partial charge in [0, 0.05) is 6.04 Å². The van der Waals surface area contributed by atoms with Gasteiger partial charge in [-0.25, -0.2) is 0 Å². The Balaban J connectivity index is 2.38. The molecule has 1 heteroatoms. The number of hydrogen-bond acceptors (Lipinski definition) is 1. The third kappa shape index (κ3) is 4.15. The summed E-state index contributed by atoms with van der Waals surface area (Å²) in [6, 6.07) is 0.640. The lowest BCUT2D eigenvalue weighted by molar-refractivity contribution is 0.336. The molecule has 0 amide bonds. The Hall–Kier alpha value is -0.480. The molecule has 1 aliphatic rings. The van der Waals surface area contributed by atoms with Crippen molar-refractivity contribution in [1.29, 1.82) is 0 Å². The van der Waals surface area contributed by atoms with Crippen molar-refractivity contribution in [2.24, 2.45) is 0 Å². The van der Waals surface area contributed by atoms with Gasteiger partial charge in [-0.15, -0.1) is 6.42 Å². The average Bonchev–Trinajstić information content (AvgIpc) is 2.10. The summed E-state index contributed by atoms with van der Waals surface area (Å²) >= 11 is 0. The molecular weight excluding hydrogens is 170 g/mol. The summed E-state index contributed by atoms with van der Waals surface area (Å²) in [5.74, 6) is 2.81. The highest BCUT2D eigenvalue weighted by atomic mass is 15.0. The van der Waals surface area contributed by atoms with E-state index in [1.165, 1.54) is 44.9 Å². The molecule has 0 aromatic heterocycles. The molecule has 14 heavy (non-hydrogen) atoms. The second-order valence-corrected chi connectivity index (χ2v) is 4.96. The second kappa shape index (κ2) is 5.41. The van der Waals surface area contributed by atoms with E-state index in [0.29, 0.717) is 6.04 Å². The highest BCUT2D eigenvalue weighted by Crippen LogP contribution is 2.18. The van der Waals surface area contributed by atoms with Crippen molar-refractivity contribution in [2.75, 3.05) is 0 Å². The zero-order chi connectivity index (χ0) is 10.4. The number of hydrogen-bond donors (Lipinski definition) is 1. The molecule has 0 spiro atoms. The van der Waals surface area contributed by atoms with Crippen molar-refractivity contribution >= 4 is 0 Å². The summed E-state index contributed by atoms with van der Waals surface area (Å²) < 4.78 is 0. The topological polar surface area (TPSA) is 12.0 Å². The van der Waals surface area contributed by atoms with Crippen LogP contribution in [0, 0.1) is 12.3 Å². The van der Waals surface area contributed by atoms with Crippen LogP contribution in [0.25, 0.3) is 0 Å². The van der Waals surface area contributed by atoms with Crippen LogP contribution in [-0.4, -0.2) is 11.6 Å². The van der Waals surface area contributed by atoms with Crippen LogP contribution in [-0.2, 0) is 0 Å². The van der Waals surface area contributed by atoms with E-state index in [2.05, 4.69) is 25.1 Å². The van der Waals surface area contributed by atoms with Gasteiger partial charge in [0.25, 0.3) is 0 Å². The fourth-order valence-electron chi connectivity index (χ4n) is 2.15. The lowest BCUT2D eigenvalue weighted by Crippen LogP contribution is -2.45. The van der Waals surface area contributed by atoms with Gasteiger partial charge in [-0.3, -0.25) is 5.32 Å². The molecular formula is C13H23N. The van der Waals surface area contributed by atoms with Crippen molar-refractivity contribution in [2.45, 2.75) is 70.4 Å². The van der Waals surface area contributed by atoms with Gasteiger partial charge in [-0.05, 0) is 26.7 Å². The van der Waals surface area contributed by atoms with Crippen molar-refractivity contribution in [3.63, 3.8) is 0 Å². The zero-order valence-corrected chi connectivity index (χ0v) is 9.60. The maximum Gasteiger partial charge on any atom is 0.0743 e. The van der Waals surface area contributed by atoms with E-state index in [0.717, 1.165) is 0 Å². The van der Waals surface area contributed by atoms with Crippen LogP contribution in [0.5, 0.6) is 0 Å². The van der Waals surface area contributed by atoms with Gasteiger partial charge in [0.05, 0.1) is 5.54 Å². The SMILES string of the molecule is C#CC(C)(C)NC1CCCCCCC1. The van der Waals surface area contributed by atoms with E-state index in [4.69, 9.17) is 6.42 Å². The Kier molecular flexibility index (Phi) is 4.48. The molecule has 1 rings (SSSR count). The molecule has 0 aromatic carbocycles. The number of terminal acetylenes is 1. The molecule has 0 aliphatic heterocycles. The van der Waals surface area contributed by atoms with Gasteiger partial charge < -0.3 is 0 Å². The summed E-state index contributed by atoms with van der Waals surface area (Å²) in [7, 11) is 0. The van der Waals surface area contributed by atoms with Crippen LogP contribution >= 0.6 is 0 Å². The van der Waals surface area contributed by atoms with Gasteiger partial charge in [0.2, 0.25) is 0 Å². The third-order valence-electron chi connectivity index (χ3n) is 3.03. The lowest BCUT2D eigenvalue weighted by atomic mass is 9.94. The van der Waals surface area contributed by atoms with Gasteiger partial charge in [-0.2, -0.15) is 0 Å². The Labute approximate surface area is 88.7 Å². The minimum absolute atomic E-state index is 0.135. The normalized spacial score (nSPS) is 20.9. The van der Waals surface area contributed by atoms with Crippen LogP contribution in [0.2, 0.25) is 0 Å². The smallest absolute Gasteiger partial charge is 0.0743 e. The summed E-state index contributed by atoms with van der Waals surface area (Å²) in [5, 5.41) is 3.58. The van der Waals surface area contributed by atoms with E-state index in [1.807, 2.05) is 0 Å². The Morgan fingerprint density at radius 1 is 1.07 bits per heavy atom. The average molecular weight is 193 g/mol. The molecule has 0 bridgehead atoms. The molecule has 0 heterocycles. The third-order valence-corrected chi connectivity index (χ3v) is 3.03. The van der Waals surface area contributed by atoms with Crippen molar-refractivity contribution in [3.05, 3.63) is 0 Å². The van der Waals surface area contributed by atoms with Crippen LogP contribution in [0.3, 0.4) is 0 Å². The standard InChI is InChI=1S/C13H23N/c1-4-13(2,3)14-12-10-8-6-5-7-9-11-12/h1,12,14H,5-11H2,2-3H3. The molecule has 1 aliphatic carbocycles. The Morgan fingerprint density at radius 3 is 2.07 bits per heavy atom. The molecule has 0 aromatic rings. The minimum Gasteiger partial charge on any atom is -0.299 e. The monoisotopic (exact) mass is 193 g/mol. The predicted octanol–water partition coefficient (Wildman–Crippen LogP) is 3.10. The van der Waals surface area contributed by atoms with Crippen LogP contribution in [0.4, 0.5) is 0 Å². The first-order chi connectivity index (χ1) is 6.64. The second-order valence-electron chi connectivity index (χ2n) is 4.96. The molecule has 1 saturated carbocycles. The quantitative estimate of drug-likeness (QED) is 0.664. The summed E-state index contributed by atoms with van der Waals surface area (Å²) in [5.41, 5.74) is -0.135. The molecule has 0 radical (unpaired) electrons. The number of rotatable bonds is 2. The van der Waals surface area contributed by atoms with E-state index < -0.39 is 0 Å². The minimum atomic E-state index is -0.135. The fourth-order valence-corrected chi connectivity index (χ4v) is 2.15. The Bertz CT molecular complexity index is 192. The first kappa shape index (κ1) is 11.6. The molecule has 80 valence electrons. The molecule has 0 unspecified atom stereocenters. The molecule has 0 saturated heterocycles. The maximum atomic E-state index is 5.48. The zero-order valence-electron chi connectivity index (χ0n) is 9.60. The van der Waals surface area contributed by atoms with Crippen LogP contribution in [0.1, 0.15) is 58.8 Å². The van der Waals surface area contributed by atoms with Gasteiger partial charge >= 0.3 is 0 Å². The summed E-state index contributed by atoms with van der Waals surface area (Å²) in [6.45, 7) is 4.18. The summed E-state index contributed by atoms with van der Waals surface area (Å²) in [4.78, 5) is 0. The van der Waals surface area contributed by atoms with E-state index >= 15 is 0 Å². The van der Waals surface area contributed by atoms with Gasteiger partial charge in [-0.1, -0.05) is 38.0 Å². The largest absolute Gasteiger partial charge is 0.299 e. The highest BCUT2D eigenvalue weighted by Gasteiger charge is 2.19. The maximum absolute atomic E-state index is 5.48. The molecule has 0 atom stereocenters. The predicted molar refractivity (Wildman–Crippen MR) is 62.2 cm³/mol. The molecule has 1 N–H and O–H groups in total. The molecule has 1 nitrogen and oxygen atoms in total. The van der Waals surface area contributed by atoms with Crippen LogP contribution < -0.4 is 5.32 Å². The fraction of sp³-hybridized carbons (Fsp3) is 0.846. The molecule has 1 fully saturated rings. The van der Waals surface area contributed by atoms with E-state index in [9.17, 15) is 0 Å². The van der Waals surface area contributed by atoms with Gasteiger partial charge in [0.15, 0.2) is 0 Å². The van der Waals surface area contributed by atoms with Crippen molar-refractivity contribution in [1.82, 2.24) is 5.32 Å². The number of nitrogens with one attached hydrogen (secondary N) is 1. The Morgan fingerprint density at radius 2 is 1.57 bits per heavy atom. The highest BCUT2D eigenvalue weighted by molar-refractivity contribution is 5.08. The van der Waals surface area contributed by atoms with E-state index in [1.54, 1.807) is 0 Å². The van der Waals surface area contributed by atoms with Crippen LogP contribution in [0.15, 0.2) is 0 Å². The first-order valence-corrected chi connectivity index (χ1v) is 5.89.